The van der Waals surface area contributed by atoms with E-state index in [9.17, 15) is 0 Å². The molecule has 3 heterocycles. The first kappa shape index (κ1) is 31.2. The quantitative estimate of drug-likeness (QED) is 0.192. The van der Waals surface area contributed by atoms with Crippen molar-refractivity contribution in [2.45, 2.75) is 103 Å². The summed E-state index contributed by atoms with van der Waals surface area (Å²) in [6.07, 6.45) is 8.95. The van der Waals surface area contributed by atoms with Gasteiger partial charge in [-0.3, -0.25) is 0 Å². The zero-order valence-corrected chi connectivity index (χ0v) is 30.0. The summed E-state index contributed by atoms with van der Waals surface area (Å²) >= 11 is 0. The first-order chi connectivity index (χ1) is 21.1. The largest absolute Gasteiger partial charge is 0.439 e. The van der Waals surface area contributed by atoms with Crippen LogP contribution in [0.15, 0.2) is 71.7 Å². The maximum absolute atomic E-state index is 4.58. The Morgan fingerprint density at radius 3 is 1.96 bits per heavy atom. The second-order valence-electron chi connectivity index (χ2n) is 16.1. The molecule has 1 saturated heterocycles. The Hall–Kier alpha value is -2.46. The van der Waals surface area contributed by atoms with Gasteiger partial charge in [-0.1, -0.05) is 100 Å². The van der Waals surface area contributed by atoms with Crippen LogP contribution in [0.1, 0.15) is 120 Å². The van der Waals surface area contributed by atoms with Gasteiger partial charge in [-0.05, 0) is 103 Å². The van der Waals surface area contributed by atoms with E-state index in [2.05, 4.69) is 118 Å². The van der Waals surface area contributed by atoms with E-state index in [-0.39, 0.29) is 33.8 Å². The van der Waals surface area contributed by atoms with Crippen LogP contribution in [0.25, 0.3) is 5.32 Å². The van der Waals surface area contributed by atoms with Crippen LogP contribution in [0.3, 0.4) is 0 Å². The van der Waals surface area contributed by atoms with E-state index >= 15 is 0 Å². The third kappa shape index (κ3) is 4.95. The van der Waals surface area contributed by atoms with Crippen molar-refractivity contribution >= 4 is 22.9 Å². The molecule has 0 amide bonds. The van der Waals surface area contributed by atoms with Gasteiger partial charge in [-0.15, -0.1) is 0 Å². The Morgan fingerprint density at radius 2 is 1.33 bits per heavy atom. The van der Waals surface area contributed by atoms with Crippen molar-refractivity contribution in [3.8, 4) is 0 Å². The van der Waals surface area contributed by atoms with E-state index in [1.165, 1.54) is 54.4 Å². The summed E-state index contributed by atoms with van der Waals surface area (Å²) in [5, 5.41) is 4.58. The molecular weight excluding hydrogens is 731 g/mol. The van der Waals surface area contributed by atoms with E-state index in [1.807, 2.05) is 12.1 Å². The van der Waals surface area contributed by atoms with Crippen molar-refractivity contribution < 1.29 is 22.4 Å². The average Bonchev–Trinajstić information content (AvgIpc) is 3.63. The molecule has 3 aliphatic heterocycles. The van der Waals surface area contributed by atoms with Gasteiger partial charge in [0.15, 0.2) is 6.54 Å². The fourth-order valence-electron chi connectivity index (χ4n) is 10.5. The zero-order valence-electron chi connectivity index (χ0n) is 27.9. The molecule has 4 bridgehead atoms. The number of rotatable bonds is 3. The monoisotopic (exact) mass is 780 g/mol. The number of nitrogens with zero attached hydrogens (tertiary/aromatic N) is 3. The maximum Gasteiger partial charge on any atom is 0.190 e. The number of amidine groups is 1. The standard InChI is InChI=1S/C27H40N.C14H9N2.Au/c1-17(2)23-8-7-9-24(18(3)4)25(23)28-16-27(15-26(28,5)6)21-11-19-10-20(13-21)14-22(27)12-19;1-3-7-11-9(5-1)13-10-6-2-4-8-12(10)16-14(13)15-11;/h7-9,16-22H,10-15H2,1-6H3;1-8,13H;/q+1;-1;. The molecule has 1 atom stereocenters. The molecule has 4 heteroatoms. The molecule has 1 unspecified atom stereocenters. The first-order valence-corrected chi connectivity index (χ1v) is 17.4. The molecule has 7 aliphatic rings. The summed E-state index contributed by atoms with van der Waals surface area (Å²) < 4.78 is 0. The Kier molecular flexibility index (Phi) is 7.86. The van der Waals surface area contributed by atoms with Gasteiger partial charge in [0.1, 0.15) is 5.41 Å². The fourth-order valence-corrected chi connectivity index (χ4v) is 10.5. The molecule has 0 N–H and O–H groups in total. The van der Waals surface area contributed by atoms with Crippen molar-refractivity contribution in [1.82, 2.24) is 0 Å². The van der Waals surface area contributed by atoms with Gasteiger partial charge in [0.05, 0.1) is 11.2 Å². The minimum Gasteiger partial charge on any atom is -0.439 e. The van der Waals surface area contributed by atoms with Gasteiger partial charge < -0.3 is 10.3 Å². The maximum atomic E-state index is 4.58. The summed E-state index contributed by atoms with van der Waals surface area (Å²) in [5.41, 5.74) is 10.0. The Labute approximate surface area is 287 Å². The van der Waals surface area contributed by atoms with Crippen LogP contribution >= 0.6 is 0 Å². The molecule has 0 aromatic heterocycles. The number of hydrogen-bond acceptors (Lipinski definition) is 2. The molecule has 3 aromatic carbocycles. The molecular formula is C41H49AuN3. The van der Waals surface area contributed by atoms with Crippen molar-refractivity contribution in [1.29, 1.82) is 0 Å². The number of para-hydroxylation sites is 3. The van der Waals surface area contributed by atoms with Gasteiger partial charge in [-0.2, -0.15) is 0 Å². The summed E-state index contributed by atoms with van der Waals surface area (Å²) in [6, 6.07) is 23.6. The van der Waals surface area contributed by atoms with Crippen LogP contribution in [-0.4, -0.2) is 11.4 Å². The van der Waals surface area contributed by atoms with Crippen LogP contribution in [-0.2, 0) is 22.4 Å². The molecule has 4 saturated carbocycles. The molecule has 3 nitrogen and oxygen atoms in total. The Morgan fingerprint density at radius 1 is 0.756 bits per heavy atom. The predicted octanol–water partition coefficient (Wildman–Crippen LogP) is 11.4. The number of aliphatic imine (C=N–C) groups is 1. The molecule has 4 aliphatic carbocycles. The van der Waals surface area contributed by atoms with Crippen LogP contribution in [0.2, 0.25) is 0 Å². The fraction of sp³-hybridized carbons (Fsp3) is 0.512. The van der Waals surface area contributed by atoms with Crippen molar-refractivity contribution in [3.05, 3.63) is 101 Å². The molecule has 3 aromatic rings. The van der Waals surface area contributed by atoms with Crippen molar-refractivity contribution in [2.24, 2.45) is 34.1 Å². The Balaban J connectivity index is 0.000000162. The smallest absolute Gasteiger partial charge is 0.190 e. The van der Waals surface area contributed by atoms with Crippen LogP contribution in [0.5, 0.6) is 0 Å². The van der Waals surface area contributed by atoms with Crippen molar-refractivity contribution in [2.75, 3.05) is 4.90 Å². The second kappa shape index (κ2) is 11.4. The number of hydrogen-bond donors (Lipinski definition) is 0. The topological polar surface area (TPSA) is 29.7 Å². The number of anilines is 1. The molecule has 239 valence electrons. The van der Waals surface area contributed by atoms with Crippen molar-refractivity contribution in [3.63, 3.8) is 0 Å². The average molecular weight is 781 g/mol. The zero-order chi connectivity index (χ0) is 30.4. The van der Waals surface area contributed by atoms with Gasteiger partial charge in [0.25, 0.3) is 0 Å². The van der Waals surface area contributed by atoms with E-state index < -0.39 is 0 Å². The minimum absolute atomic E-state index is 0. The summed E-state index contributed by atoms with van der Waals surface area (Å²) in [7, 11) is 0. The summed E-state index contributed by atoms with van der Waals surface area (Å²) in [6.45, 7) is 17.3. The van der Waals surface area contributed by atoms with E-state index in [4.69, 9.17) is 0 Å². The molecule has 1 radical (unpaired) electrons. The van der Waals surface area contributed by atoms with Gasteiger partial charge in [-0.25, -0.2) is 4.90 Å². The normalized spacial score (nSPS) is 30.6. The van der Waals surface area contributed by atoms with Gasteiger partial charge in [0.2, 0.25) is 0 Å². The first-order valence-electron chi connectivity index (χ1n) is 17.4. The SMILES string of the molecule is CC(C)c1cccc(C(C)C)c1N1[CH+]C2(CC1(C)C)C1CC3CC(C1)CC2C3.[Au].c1ccc2c(c1)N=C1[N-]c3ccccc3C12. The van der Waals surface area contributed by atoms with E-state index in [0.29, 0.717) is 17.3 Å². The minimum atomic E-state index is 0. The third-order valence-electron chi connectivity index (χ3n) is 12.2. The second-order valence-corrected chi connectivity index (χ2v) is 16.1. The van der Waals surface area contributed by atoms with Crippen LogP contribution in [0, 0.1) is 35.6 Å². The molecule has 10 rings (SSSR count). The number of fused-ring (bicyclic) bond motifs is 5. The summed E-state index contributed by atoms with van der Waals surface area (Å²) in [5.74, 6) is 6.33. The predicted molar refractivity (Wildman–Crippen MR) is 184 cm³/mol. The van der Waals surface area contributed by atoms with Gasteiger partial charge >= 0.3 is 0 Å². The summed E-state index contributed by atoms with van der Waals surface area (Å²) in [4.78, 5) is 7.36. The Bertz CT molecular complexity index is 1560. The molecule has 45 heavy (non-hydrogen) atoms. The molecule has 1 spiro atoms. The van der Waals surface area contributed by atoms with Crippen LogP contribution in [0.4, 0.5) is 17.1 Å². The van der Waals surface area contributed by atoms with E-state index in [1.54, 1.807) is 12.1 Å². The van der Waals surface area contributed by atoms with Crippen LogP contribution < -0.4 is 4.90 Å². The van der Waals surface area contributed by atoms with E-state index in [0.717, 1.165) is 40.9 Å². The third-order valence-corrected chi connectivity index (χ3v) is 12.2. The van der Waals surface area contributed by atoms with Gasteiger partial charge in [0, 0.05) is 46.6 Å². The molecule has 5 fully saturated rings. The number of benzene rings is 3.